The van der Waals surface area contributed by atoms with Gasteiger partial charge in [-0.1, -0.05) is 12.8 Å². The van der Waals surface area contributed by atoms with Gasteiger partial charge in [0.25, 0.3) is 0 Å². The number of carboxylic acid groups (broad SMARTS) is 1. The summed E-state index contributed by atoms with van der Waals surface area (Å²) in [7, 11) is 0. The smallest absolute Gasteiger partial charge is 0.310 e. The van der Waals surface area contributed by atoms with E-state index in [1.54, 1.807) is 6.92 Å². The third-order valence-corrected chi connectivity index (χ3v) is 3.40. The molecule has 1 amide bonds. The van der Waals surface area contributed by atoms with Gasteiger partial charge in [-0.3, -0.25) is 14.5 Å². The molecule has 3 atom stereocenters. The SMILES string of the molecule is C#CCNC(=O)C(C)N(CC)C1COCC1C(=O)O. The topological polar surface area (TPSA) is 78.9 Å². The quantitative estimate of drug-likeness (QED) is 0.638. The number of rotatable bonds is 6. The van der Waals surface area contributed by atoms with Gasteiger partial charge in [0.05, 0.1) is 31.7 Å². The normalized spacial score (nSPS) is 23.9. The number of terminal acetylenes is 1. The van der Waals surface area contributed by atoms with Crippen LogP contribution in [-0.4, -0.2) is 60.3 Å². The summed E-state index contributed by atoms with van der Waals surface area (Å²) in [6.45, 7) is 4.90. The molecule has 2 N–H and O–H groups in total. The lowest BCUT2D eigenvalue weighted by molar-refractivity contribution is -0.144. The number of nitrogens with one attached hydrogen (secondary N) is 1. The van der Waals surface area contributed by atoms with Crippen LogP contribution >= 0.6 is 0 Å². The molecular formula is C13H20N2O4. The van der Waals surface area contributed by atoms with Crippen LogP contribution in [0.15, 0.2) is 0 Å². The van der Waals surface area contributed by atoms with Gasteiger partial charge < -0.3 is 15.2 Å². The van der Waals surface area contributed by atoms with Crippen molar-refractivity contribution in [1.29, 1.82) is 0 Å². The molecule has 19 heavy (non-hydrogen) atoms. The van der Waals surface area contributed by atoms with Gasteiger partial charge >= 0.3 is 5.97 Å². The highest BCUT2D eigenvalue weighted by Gasteiger charge is 2.40. The Morgan fingerprint density at radius 1 is 1.58 bits per heavy atom. The molecule has 0 spiro atoms. The number of nitrogens with zero attached hydrogens (tertiary/aromatic N) is 1. The van der Waals surface area contributed by atoms with Crippen LogP contribution in [0, 0.1) is 18.3 Å². The third kappa shape index (κ3) is 3.69. The molecule has 6 nitrogen and oxygen atoms in total. The molecule has 1 heterocycles. The summed E-state index contributed by atoms with van der Waals surface area (Å²) in [6, 6.07) is -0.721. The van der Waals surface area contributed by atoms with Crippen LogP contribution in [0.2, 0.25) is 0 Å². The van der Waals surface area contributed by atoms with Crippen molar-refractivity contribution in [2.75, 3.05) is 26.3 Å². The summed E-state index contributed by atoms with van der Waals surface area (Å²) in [5.41, 5.74) is 0. The van der Waals surface area contributed by atoms with Crippen molar-refractivity contribution >= 4 is 11.9 Å². The molecule has 0 aliphatic carbocycles. The Bertz CT molecular complexity index is 377. The molecule has 1 rings (SSSR count). The summed E-state index contributed by atoms with van der Waals surface area (Å²) < 4.78 is 5.24. The maximum Gasteiger partial charge on any atom is 0.310 e. The van der Waals surface area contributed by atoms with Crippen LogP contribution in [0.1, 0.15) is 13.8 Å². The monoisotopic (exact) mass is 268 g/mol. The fraction of sp³-hybridized carbons (Fsp3) is 0.692. The molecular weight excluding hydrogens is 248 g/mol. The number of carbonyl (C=O) groups excluding carboxylic acids is 1. The van der Waals surface area contributed by atoms with E-state index < -0.39 is 17.9 Å². The van der Waals surface area contributed by atoms with Crippen molar-refractivity contribution in [1.82, 2.24) is 10.2 Å². The first-order chi connectivity index (χ1) is 9.02. The van der Waals surface area contributed by atoms with Crippen LogP contribution in [0.3, 0.4) is 0 Å². The molecule has 0 aromatic rings. The summed E-state index contributed by atoms with van der Waals surface area (Å²) in [5, 5.41) is 11.8. The summed E-state index contributed by atoms with van der Waals surface area (Å²) in [4.78, 5) is 24.9. The second-order valence-corrected chi connectivity index (χ2v) is 4.48. The number of aliphatic carboxylic acids is 1. The van der Waals surface area contributed by atoms with Gasteiger partial charge in [-0.15, -0.1) is 6.42 Å². The van der Waals surface area contributed by atoms with E-state index >= 15 is 0 Å². The molecule has 0 bridgehead atoms. The molecule has 1 saturated heterocycles. The first kappa shape index (κ1) is 15.5. The van der Waals surface area contributed by atoms with E-state index in [4.69, 9.17) is 16.3 Å². The zero-order valence-electron chi connectivity index (χ0n) is 11.3. The van der Waals surface area contributed by atoms with Gasteiger partial charge in [-0.2, -0.15) is 0 Å². The molecule has 0 saturated carbocycles. The predicted octanol–water partition coefficient (Wildman–Crippen LogP) is -0.454. The van der Waals surface area contributed by atoms with Gasteiger partial charge in [-0.05, 0) is 13.5 Å². The summed E-state index contributed by atoms with van der Waals surface area (Å²) in [5.74, 6) is 0.653. The van der Waals surface area contributed by atoms with E-state index in [9.17, 15) is 9.59 Å². The number of carbonyl (C=O) groups is 2. The Labute approximate surface area is 113 Å². The summed E-state index contributed by atoms with van der Waals surface area (Å²) >= 11 is 0. The Morgan fingerprint density at radius 2 is 2.26 bits per heavy atom. The molecule has 0 aromatic heterocycles. The number of likely N-dealkylation sites (N-methyl/N-ethyl adjacent to an activating group) is 1. The van der Waals surface area contributed by atoms with E-state index in [1.807, 2.05) is 11.8 Å². The average Bonchev–Trinajstić information content (AvgIpc) is 2.86. The molecule has 106 valence electrons. The second kappa shape index (κ2) is 7.12. The van der Waals surface area contributed by atoms with Crippen LogP contribution in [-0.2, 0) is 14.3 Å². The largest absolute Gasteiger partial charge is 0.481 e. The van der Waals surface area contributed by atoms with Crippen molar-refractivity contribution in [3.8, 4) is 12.3 Å². The lowest BCUT2D eigenvalue weighted by Gasteiger charge is -2.33. The van der Waals surface area contributed by atoms with Gasteiger partial charge in [-0.25, -0.2) is 0 Å². The molecule has 3 unspecified atom stereocenters. The molecule has 1 aliphatic heterocycles. The number of ether oxygens (including phenoxy) is 1. The second-order valence-electron chi connectivity index (χ2n) is 4.48. The van der Waals surface area contributed by atoms with Crippen LogP contribution in [0.25, 0.3) is 0 Å². The van der Waals surface area contributed by atoms with Crippen LogP contribution in [0.4, 0.5) is 0 Å². The van der Waals surface area contributed by atoms with Crippen molar-refractivity contribution in [2.45, 2.75) is 25.9 Å². The number of hydrogen-bond donors (Lipinski definition) is 2. The fourth-order valence-electron chi connectivity index (χ4n) is 2.34. The predicted molar refractivity (Wildman–Crippen MR) is 69.4 cm³/mol. The zero-order valence-corrected chi connectivity index (χ0v) is 11.3. The number of amides is 1. The van der Waals surface area contributed by atoms with E-state index in [2.05, 4.69) is 11.2 Å². The molecule has 0 aromatic carbocycles. The Hall–Kier alpha value is -1.58. The Morgan fingerprint density at radius 3 is 2.79 bits per heavy atom. The van der Waals surface area contributed by atoms with Gasteiger partial charge in [0.2, 0.25) is 5.91 Å². The minimum absolute atomic E-state index is 0.171. The number of hydrogen-bond acceptors (Lipinski definition) is 4. The highest BCUT2D eigenvalue weighted by atomic mass is 16.5. The van der Waals surface area contributed by atoms with Crippen LogP contribution < -0.4 is 5.32 Å². The Balaban J connectivity index is 2.73. The maximum absolute atomic E-state index is 11.9. The first-order valence-electron chi connectivity index (χ1n) is 6.30. The van der Waals surface area contributed by atoms with Crippen molar-refractivity contribution in [3.63, 3.8) is 0 Å². The lowest BCUT2D eigenvalue weighted by atomic mass is 10.0. The fourth-order valence-corrected chi connectivity index (χ4v) is 2.34. The Kier molecular flexibility index (Phi) is 5.80. The standard InChI is InChI=1S/C13H20N2O4/c1-4-6-14-12(16)9(3)15(5-2)11-8-19-7-10(11)13(17)18/h1,9-11H,5-8H2,2-3H3,(H,14,16)(H,17,18). The van der Waals surface area contributed by atoms with Crippen molar-refractivity contribution in [3.05, 3.63) is 0 Å². The first-order valence-corrected chi connectivity index (χ1v) is 6.30. The van der Waals surface area contributed by atoms with E-state index in [1.165, 1.54) is 0 Å². The van der Waals surface area contributed by atoms with Gasteiger partial charge in [0.15, 0.2) is 0 Å². The van der Waals surface area contributed by atoms with Crippen molar-refractivity contribution in [2.24, 2.45) is 5.92 Å². The molecule has 1 aliphatic rings. The zero-order chi connectivity index (χ0) is 14.4. The van der Waals surface area contributed by atoms with Gasteiger partial charge in [0, 0.05) is 6.04 Å². The van der Waals surface area contributed by atoms with E-state index in [0.29, 0.717) is 13.2 Å². The average molecular weight is 268 g/mol. The van der Waals surface area contributed by atoms with Crippen molar-refractivity contribution < 1.29 is 19.4 Å². The van der Waals surface area contributed by atoms with E-state index in [-0.39, 0.29) is 25.1 Å². The molecule has 1 fully saturated rings. The van der Waals surface area contributed by atoms with E-state index in [0.717, 1.165) is 0 Å². The minimum atomic E-state index is -0.891. The summed E-state index contributed by atoms with van der Waals surface area (Å²) in [6.07, 6.45) is 5.09. The molecule has 0 radical (unpaired) electrons. The highest BCUT2D eigenvalue weighted by molar-refractivity contribution is 5.81. The maximum atomic E-state index is 11.9. The van der Waals surface area contributed by atoms with Crippen LogP contribution in [0.5, 0.6) is 0 Å². The lowest BCUT2D eigenvalue weighted by Crippen LogP contribution is -2.53. The minimum Gasteiger partial charge on any atom is -0.481 e. The van der Waals surface area contributed by atoms with Gasteiger partial charge in [0.1, 0.15) is 0 Å². The number of carboxylic acids is 1. The molecule has 6 heteroatoms. The third-order valence-electron chi connectivity index (χ3n) is 3.40. The highest BCUT2D eigenvalue weighted by Crippen LogP contribution is 2.22.